The summed E-state index contributed by atoms with van der Waals surface area (Å²) in [5.41, 5.74) is 0. The van der Waals surface area contributed by atoms with Crippen molar-refractivity contribution in [3.05, 3.63) is 0 Å². The van der Waals surface area contributed by atoms with E-state index in [9.17, 15) is 9.59 Å². The van der Waals surface area contributed by atoms with E-state index in [1.54, 1.807) is 0 Å². The third kappa shape index (κ3) is 2.54. The first-order chi connectivity index (χ1) is 7.63. The summed E-state index contributed by atoms with van der Waals surface area (Å²) in [6.45, 7) is 3.67. The van der Waals surface area contributed by atoms with Crippen molar-refractivity contribution >= 4 is 11.9 Å². The standard InChI is InChI=1S/C12H19NO3/c1-2-5-13(7-8-3-4-8)11(14)9-6-10(9)12(15)16/h8-10H,2-7H2,1H3,(H,15,16)/t9-,10+/m1/s1. The molecule has 2 saturated carbocycles. The Labute approximate surface area is 95.6 Å². The van der Waals surface area contributed by atoms with E-state index in [0.717, 1.165) is 19.5 Å². The van der Waals surface area contributed by atoms with Gasteiger partial charge in [0.05, 0.1) is 11.8 Å². The maximum Gasteiger partial charge on any atom is 0.307 e. The Morgan fingerprint density at radius 3 is 2.44 bits per heavy atom. The fraction of sp³-hybridized carbons (Fsp3) is 0.833. The summed E-state index contributed by atoms with van der Waals surface area (Å²) in [4.78, 5) is 24.6. The summed E-state index contributed by atoms with van der Waals surface area (Å²) in [5.74, 6) is -0.714. The van der Waals surface area contributed by atoms with Crippen LogP contribution < -0.4 is 0 Å². The zero-order chi connectivity index (χ0) is 11.7. The zero-order valence-corrected chi connectivity index (χ0v) is 9.69. The summed E-state index contributed by atoms with van der Waals surface area (Å²) in [5, 5.41) is 8.81. The van der Waals surface area contributed by atoms with Crippen molar-refractivity contribution in [3.8, 4) is 0 Å². The lowest BCUT2D eigenvalue weighted by Crippen LogP contribution is -2.35. The van der Waals surface area contributed by atoms with Gasteiger partial charge in [0.25, 0.3) is 0 Å². The van der Waals surface area contributed by atoms with Crippen molar-refractivity contribution in [1.82, 2.24) is 4.90 Å². The highest BCUT2D eigenvalue weighted by atomic mass is 16.4. The van der Waals surface area contributed by atoms with Gasteiger partial charge >= 0.3 is 5.97 Å². The minimum absolute atomic E-state index is 0.0705. The van der Waals surface area contributed by atoms with E-state index in [1.807, 2.05) is 4.90 Å². The van der Waals surface area contributed by atoms with Crippen LogP contribution in [0.5, 0.6) is 0 Å². The number of amides is 1. The van der Waals surface area contributed by atoms with Gasteiger partial charge in [0.15, 0.2) is 0 Å². The van der Waals surface area contributed by atoms with Crippen molar-refractivity contribution in [2.75, 3.05) is 13.1 Å². The van der Waals surface area contributed by atoms with Crippen molar-refractivity contribution < 1.29 is 14.7 Å². The molecule has 0 radical (unpaired) electrons. The van der Waals surface area contributed by atoms with Crippen LogP contribution in [0, 0.1) is 17.8 Å². The SMILES string of the molecule is CCCN(CC1CC1)C(=O)[C@@H]1C[C@@H]1C(=O)O. The van der Waals surface area contributed by atoms with Gasteiger partial charge < -0.3 is 10.0 Å². The number of carboxylic acids is 1. The van der Waals surface area contributed by atoms with Crippen LogP contribution >= 0.6 is 0 Å². The molecule has 0 aromatic carbocycles. The second kappa shape index (κ2) is 4.44. The lowest BCUT2D eigenvalue weighted by atomic mass is 10.2. The summed E-state index contributed by atoms with van der Waals surface area (Å²) >= 11 is 0. The maximum atomic E-state index is 12.0. The number of carboxylic acid groups (broad SMARTS) is 1. The molecule has 0 aromatic heterocycles. The summed E-state index contributed by atoms with van der Waals surface area (Å²) < 4.78 is 0. The second-order valence-corrected chi connectivity index (χ2v) is 5.01. The minimum atomic E-state index is -0.818. The Bertz CT molecular complexity index is 299. The van der Waals surface area contributed by atoms with Crippen LogP contribution in [-0.2, 0) is 9.59 Å². The molecule has 2 aliphatic carbocycles. The quantitative estimate of drug-likeness (QED) is 0.742. The number of carbonyl (C=O) groups excluding carboxylic acids is 1. The van der Waals surface area contributed by atoms with Crippen LogP contribution in [0.1, 0.15) is 32.6 Å². The molecule has 0 spiro atoms. The molecule has 0 aliphatic heterocycles. The molecule has 4 heteroatoms. The summed E-state index contributed by atoms with van der Waals surface area (Å²) in [7, 11) is 0. The van der Waals surface area contributed by atoms with E-state index < -0.39 is 11.9 Å². The molecule has 0 unspecified atom stereocenters. The number of hydrogen-bond donors (Lipinski definition) is 1. The number of aliphatic carboxylic acids is 1. The van der Waals surface area contributed by atoms with Gasteiger partial charge in [0, 0.05) is 13.1 Å². The van der Waals surface area contributed by atoms with Gasteiger partial charge in [0.2, 0.25) is 5.91 Å². The summed E-state index contributed by atoms with van der Waals surface area (Å²) in [6.07, 6.45) is 3.93. The molecule has 0 saturated heterocycles. The minimum Gasteiger partial charge on any atom is -0.481 e. The van der Waals surface area contributed by atoms with Crippen LogP contribution in [0.3, 0.4) is 0 Å². The molecule has 2 fully saturated rings. The van der Waals surface area contributed by atoms with Gasteiger partial charge in [-0.05, 0) is 31.6 Å². The fourth-order valence-electron chi connectivity index (χ4n) is 2.15. The predicted octanol–water partition coefficient (Wildman–Crippen LogP) is 1.36. The average molecular weight is 225 g/mol. The second-order valence-electron chi connectivity index (χ2n) is 5.01. The molecule has 2 rings (SSSR count). The molecule has 2 atom stereocenters. The molecule has 1 N–H and O–H groups in total. The Morgan fingerprint density at radius 2 is 2.00 bits per heavy atom. The molecule has 16 heavy (non-hydrogen) atoms. The molecular formula is C12H19NO3. The van der Waals surface area contributed by atoms with Gasteiger partial charge in [-0.3, -0.25) is 9.59 Å². The highest BCUT2D eigenvalue weighted by molar-refractivity contribution is 5.89. The monoisotopic (exact) mass is 225 g/mol. The van der Waals surface area contributed by atoms with Gasteiger partial charge in [0.1, 0.15) is 0 Å². The molecular weight excluding hydrogens is 206 g/mol. The first kappa shape index (κ1) is 11.4. The third-order valence-corrected chi connectivity index (χ3v) is 3.41. The van der Waals surface area contributed by atoms with Gasteiger partial charge in [-0.25, -0.2) is 0 Å². The zero-order valence-electron chi connectivity index (χ0n) is 9.69. The van der Waals surface area contributed by atoms with Gasteiger partial charge in [-0.1, -0.05) is 6.92 Å². The number of nitrogens with zero attached hydrogens (tertiary/aromatic N) is 1. The van der Waals surface area contributed by atoms with Crippen LogP contribution in [-0.4, -0.2) is 35.0 Å². The van der Waals surface area contributed by atoms with Crippen LogP contribution in [0.2, 0.25) is 0 Å². The lowest BCUT2D eigenvalue weighted by molar-refractivity contribution is -0.142. The largest absolute Gasteiger partial charge is 0.481 e. The van der Waals surface area contributed by atoms with Crippen molar-refractivity contribution in [2.45, 2.75) is 32.6 Å². The van der Waals surface area contributed by atoms with E-state index in [0.29, 0.717) is 12.3 Å². The number of carbonyl (C=O) groups is 2. The highest BCUT2D eigenvalue weighted by Crippen LogP contribution is 2.41. The Kier molecular flexibility index (Phi) is 3.17. The molecule has 4 nitrogen and oxygen atoms in total. The maximum absolute atomic E-state index is 12.0. The first-order valence-electron chi connectivity index (χ1n) is 6.15. The molecule has 90 valence electrons. The van der Waals surface area contributed by atoms with Crippen molar-refractivity contribution in [3.63, 3.8) is 0 Å². The molecule has 0 bridgehead atoms. The van der Waals surface area contributed by atoms with Crippen LogP contribution in [0.25, 0.3) is 0 Å². The lowest BCUT2D eigenvalue weighted by Gasteiger charge is -2.22. The van der Waals surface area contributed by atoms with E-state index in [1.165, 1.54) is 12.8 Å². The van der Waals surface area contributed by atoms with Gasteiger partial charge in [-0.15, -0.1) is 0 Å². The topological polar surface area (TPSA) is 57.6 Å². The average Bonchev–Trinajstić information content (AvgIpc) is 3.10. The Hall–Kier alpha value is -1.06. The van der Waals surface area contributed by atoms with Gasteiger partial charge in [-0.2, -0.15) is 0 Å². The first-order valence-corrected chi connectivity index (χ1v) is 6.15. The molecule has 0 aromatic rings. The van der Waals surface area contributed by atoms with E-state index in [4.69, 9.17) is 5.11 Å². The fourth-order valence-corrected chi connectivity index (χ4v) is 2.15. The smallest absolute Gasteiger partial charge is 0.307 e. The van der Waals surface area contributed by atoms with Crippen molar-refractivity contribution in [2.24, 2.45) is 17.8 Å². The van der Waals surface area contributed by atoms with E-state index >= 15 is 0 Å². The highest BCUT2D eigenvalue weighted by Gasteiger charge is 2.50. The van der Waals surface area contributed by atoms with E-state index in [2.05, 4.69) is 6.92 Å². The summed E-state index contributed by atoms with van der Waals surface area (Å²) in [6, 6.07) is 0. The number of hydrogen-bond acceptors (Lipinski definition) is 2. The van der Waals surface area contributed by atoms with Crippen molar-refractivity contribution in [1.29, 1.82) is 0 Å². The molecule has 1 amide bonds. The number of rotatable bonds is 6. The van der Waals surface area contributed by atoms with E-state index in [-0.39, 0.29) is 11.8 Å². The molecule has 0 heterocycles. The Morgan fingerprint density at radius 1 is 1.31 bits per heavy atom. The molecule has 2 aliphatic rings. The Balaban J connectivity index is 1.87. The predicted molar refractivity (Wildman–Crippen MR) is 58.8 cm³/mol. The normalized spacial score (nSPS) is 27.6. The van der Waals surface area contributed by atoms with Crippen LogP contribution in [0.15, 0.2) is 0 Å². The third-order valence-electron chi connectivity index (χ3n) is 3.41. The van der Waals surface area contributed by atoms with Crippen LogP contribution in [0.4, 0.5) is 0 Å².